The minimum Gasteiger partial charge on any atom is -0.481 e. The van der Waals surface area contributed by atoms with Crippen LogP contribution in [0.5, 0.6) is 0 Å². The fourth-order valence-corrected chi connectivity index (χ4v) is 2.21. The monoisotopic (exact) mass is 228 g/mol. The number of carbonyl (C=O) groups is 1. The molecule has 0 saturated carbocycles. The van der Waals surface area contributed by atoms with Crippen molar-refractivity contribution in [1.82, 2.24) is 9.80 Å². The fourth-order valence-electron chi connectivity index (χ4n) is 2.21. The van der Waals surface area contributed by atoms with Gasteiger partial charge in [-0.2, -0.15) is 0 Å². The SMILES string of the molecule is CCCCN1CC(C(=O)O)CN(C)C(C)C1. The molecular formula is C12H24N2O2. The Hall–Kier alpha value is -0.610. The lowest BCUT2D eigenvalue weighted by molar-refractivity contribution is -0.142. The Balaban J connectivity index is 2.60. The standard InChI is InChI=1S/C12H24N2O2/c1-4-5-6-14-7-10(2)13(3)8-11(9-14)12(15)16/h10-11H,4-9H2,1-3H3,(H,15,16). The van der Waals surface area contributed by atoms with Gasteiger partial charge in [-0.1, -0.05) is 13.3 Å². The summed E-state index contributed by atoms with van der Waals surface area (Å²) in [5, 5.41) is 9.16. The molecule has 1 rings (SSSR count). The number of likely N-dealkylation sites (N-methyl/N-ethyl adjacent to an activating group) is 1. The van der Waals surface area contributed by atoms with Crippen molar-refractivity contribution >= 4 is 5.97 Å². The van der Waals surface area contributed by atoms with E-state index < -0.39 is 5.97 Å². The first-order valence-electron chi connectivity index (χ1n) is 6.20. The average molecular weight is 228 g/mol. The number of nitrogens with zero attached hydrogens (tertiary/aromatic N) is 2. The van der Waals surface area contributed by atoms with Crippen LogP contribution in [0.15, 0.2) is 0 Å². The predicted octanol–water partition coefficient (Wildman–Crippen LogP) is 1.12. The molecule has 4 nitrogen and oxygen atoms in total. The quantitative estimate of drug-likeness (QED) is 0.783. The highest BCUT2D eigenvalue weighted by atomic mass is 16.4. The molecule has 0 aliphatic carbocycles. The van der Waals surface area contributed by atoms with Gasteiger partial charge in [-0.15, -0.1) is 0 Å². The van der Waals surface area contributed by atoms with Crippen LogP contribution in [0, 0.1) is 5.92 Å². The number of hydrogen-bond acceptors (Lipinski definition) is 3. The largest absolute Gasteiger partial charge is 0.481 e. The van der Waals surface area contributed by atoms with Crippen LogP contribution in [0.3, 0.4) is 0 Å². The first-order valence-corrected chi connectivity index (χ1v) is 6.20. The Morgan fingerprint density at radius 1 is 1.38 bits per heavy atom. The highest BCUT2D eigenvalue weighted by Gasteiger charge is 2.28. The highest BCUT2D eigenvalue weighted by molar-refractivity contribution is 5.70. The lowest BCUT2D eigenvalue weighted by Gasteiger charge is -2.25. The fraction of sp³-hybridized carbons (Fsp3) is 0.917. The summed E-state index contributed by atoms with van der Waals surface area (Å²) in [7, 11) is 2.02. The van der Waals surface area contributed by atoms with Crippen molar-refractivity contribution in [3.8, 4) is 0 Å². The number of hydrogen-bond donors (Lipinski definition) is 1. The molecule has 0 aromatic heterocycles. The van der Waals surface area contributed by atoms with E-state index in [2.05, 4.69) is 23.6 Å². The second-order valence-electron chi connectivity index (χ2n) is 4.94. The van der Waals surface area contributed by atoms with Gasteiger partial charge in [-0.05, 0) is 26.9 Å². The first kappa shape index (κ1) is 13.5. The molecule has 1 saturated heterocycles. The van der Waals surface area contributed by atoms with Crippen molar-refractivity contribution in [2.45, 2.75) is 32.7 Å². The van der Waals surface area contributed by atoms with Crippen LogP contribution in [0.4, 0.5) is 0 Å². The summed E-state index contributed by atoms with van der Waals surface area (Å²) in [6, 6.07) is 0.446. The Bertz CT molecular complexity index is 233. The van der Waals surface area contributed by atoms with E-state index in [0.29, 0.717) is 19.1 Å². The molecule has 0 radical (unpaired) electrons. The van der Waals surface area contributed by atoms with Crippen molar-refractivity contribution in [2.75, 3.05) is 33.2 Å². The van der Waals surface area contributed by atoms with Gasteiger partial charge in [0.1, 0.15) is 0 Å². The molecule has 0 bridgehead atoms. The number of rotatable bonds is 4. The van der Waals surface area contributed by atoms with Crippen molar-refractivity contribution in [1.29, 1.82) is 0 Å². The molecule has 1 heterocycles. The van der Waals surface area contributed by atoms with Crippen LogP contribution in [0.1, 0.15) is 26.7 Å². The summed E-state index contributed by atoms with van der Waals surface area (Å²) in [6.07, 6.45) is 2.32. The number of carboxylic acid groups (broad SMARTS) is 1. The summed E-state index contributed by atoms with van der Waals surface area (Å²) in [5.74, 6) is -0.908. The van der Waals surface area contributed by atoms with Crippen molar-refractivity contribution in [3.05, 3.63) is 0 Å². The van der Waals surface area contributed by atoms with E-state index in [0.717, 1.165) is 19.5 Å². The van der Waals surface area contributed by atoms with E-state index in [1.165, 1.54) is 6.42 Å². The van der Waals surface area contributed by atoms with Gasteiger partial charge in [-0.25, -0.2) is 0 Å². The van der Waals surface area contributed by atoms with Gasteiger partial charge < -0.3 is 14.9 Å². The summed E-state index contributed by atoms with van der Waals surface area (Å²) in [6.45, 7) is 7.72. The third-order valence-electron chi connectivity index (χ3n) is 3.44. The van der Waals surface area contributed by atoms with Crippen LogP contribution in [0.2, 0.25) is 0 Å². The van der Waals surface area contributed by atoms with Gasteiger partial charge in [0.05, 0.1) is 5.92 Å². The molecule has 94 valence electrons. The van der Waals surface area contributed by atoms with Gasteiger partial charge in [0.2, 0.25) is 0 Å². The number of carboxylic acids is 1. The molecule has 1 N–H and O–H groups in total. The minimum absolute atomic E-state index is 0.244. The molecule has 0 amide bonds. The molecule has 0 aromatic rings. The summed E-state index contributed by atoms with van der Waals surface area (Å²) < 4.78 is 0. The molecule has 0 spiro atoms. The van der Waals surface area contributed by atoms with Crippen molar-refractivity contribution in [2.24, 2.45) is 5.92 Å². The van der Waals surface area contributed by atoms with Crippen LogP contribution >= 0.6 is 0 Å². The minimum atomic E-state index is -0.664. The number of aliphatic carboxylic acids is 1. The smallest absolute Gasteiger partial charge is 0.309 e. The van der Waals surface area contributed by atoms with Crippen LogP contribution < -0.4 is 0 Å². The normalized spacial score (nSPS) is 28.9. The number of unbranched alkanes of at least 4 members (excludes halogenated alkanes) is 1. The topological polar surface area (TPSA) is 43.8 Å². The first-order chi connectivity index (χ1) is 7.54. The van der Waals surface area contributed by atoms with Crippen LogP contribution in [-0.4, -0.2) is 60.1 Å². The Morgan fingerprint density at radius 3 is 2.62 bits per heavy atom. The molecule has 1 aliphatic rings. The molecule has 0 aromatic carbocycles. The highest BCUT2D eigenvalue weighted by Crippen LogP contribution is 2.13. The van der Waals surface area contributed by atoms with Gasteiger partial charge in [0.15, 0.2) is 0 Å². The summed E-state index contributed by atoms with van der Waals surface area (Å²) >= 11 is 0. The second-order valence-corrected chi connectivity index (χ2v) is 4.94. The van der Waals surface area contributed by atoms with Gasteiger partial charge >= 0.3 is 5.97 Å². The van der Waals surface area contributed by atoms with E-state index in [1.807, 2.05) is 7.05 Å². The van der Waals surface area contributed by atoms with E-state index in [9.17, 15) is 4.79 Å². The maximum Gasteiger partial charge on any atom is 0.309 e. The van der Waals surface area contributed by atoms with Crippen LogP contribution in [-0.2, 0) is 4.79 Å². The lowest BCUT2D eigenvalue weighted by atomic mass is 10.1. The molecule has 1 aliphatic heterocycles. The zero-order valence-corrected chi connectivity index (χ0v) is 10.6. The van der Waals surface area contributed by atoms with Crippen molar-refractivity contribution in [3.63, 3.8) is 0 Å². The third-order valence-corrected chi connectivity index (χ3v) is 3.44. The maximum absolute atomic E-state index is 11.1. The van der Waals surface area contributed by atoms with Crippen molar-refractivity contribution < 1.29 is 9.90 Å². The molecular weight excluding hydrogens is 204 g/mol. The van der Waals surface area contributed by atoms with E-state index in [4.69, 9.17) is 5.11 Å². The van der Waals surface area contributed by atoms with Gasteiger partial charge in [-0.3, -0.25) is 4.79 Å². The van der Waals surface area contributed by atoms with E-state index in [-0.39, 0.29) is 5.92 Å². The second kappa shape index (κ2) is 6.21. The maximum atomic E-state index is 11.1. The molecule has 2 atom stereocenters. The van der Waals surface area contributed by atoms with E-state index >= 15 is 0 Å². The van der Waals surface area contributed by atoms with Gasteiger partial charge in [0.25, 0.3) is 0 Å². The van der Waals surface area contributed by atoms with E-state index in [1.54, 1.807) is 0 Å². The summed E-state index contributed by atoms with van der Waals surface area (Å²) in [4.78, 5) is 15.6. The lowest BCUT2D eigenvalue weighted by Crippen LogP contribution is -2.36. The molecule has 2 unspecified atom stereocenters. The van der Waals surface area contributed by atoms with Gasteiger partial charge in [0, 0.05) is 25.7 Å². The molecule has 1 fully saturated rings. The predicted molar refractivity (Wildman–Crippen MR) is 64.6 cm³/mol. The zero-order chi connectivity index (χ0) is 12.1. The average Bonchev–Trinajstić information content (AvgIpc) is 2.36. The Morgan fingerprint density at radius 2 is 2.06 bits per heavy atom. The molecule has 4 heteroatoms. The Kier molecular flexibility index (Phi) is 5.22. The third kappa shape index (κ3) is 3.76. The van der Waals surface area contributed by atoms with Crippen LogP contribution in [0.25, 0.3) is 0 Å². The molecule has 16 heavy (non-hydrogen) atoms. The Labute approximate surface area is 98.2 Å². The zero-order valence-electron chi connectivity index (χ0n) is 10.6. The summed E-state index contributed by atoms with van der Waals surface area (Å²) in [5.41, 5.74) is 0.